The van der Waals surface area contributed by atoms with E-state index in [0.717, 1.165) is 17.0 Å². The van der Waals surface area contributed by atoms with Crippen LogP contribution in [0, 0.1) is 0 Å². The van der Waals surface area contributed by atoms with Gasteiger partial charge in [-0.2, -0.15) is 0 Å². The highest BCUT2D eigenvalue weighted by atomic mass is 32.2. The van der Waals surface area contributed by atoms with Crippen LogP contribution >= 0.6 is 23.1 Å². The fourth-order valence-corrected chi connectivity index (χ4v) is 4.48. The summed E-state index contributed by atoms with van der Waals surface area (Å²) in [4.78, 5) is 42.2. The van der Waals surface area contributed by atoms with Crippen molar-refractivity contribution in [3.8, 4) is 0 Å². The highest BCUT2D eigenvalue weighted by Gasteiger charge is 2.24. The molecule has 1 aromatic carbocycles. The minimum Gasteiger partial charge on any atom is -0.353 e. The molecule has 1 aromatic heterocycles. The number of hydrogen-bond acceptors (Lipinski definition) is 6. The molecular weight excluding hydrogens is 456 g/mol. The van der Waals surface area contributed by atoms with E-state index in [1.54, 1.807) is 16.2 Å². The second-order valence-electron chi connectivity index (χ2n) is 7.94. The molecule has 2 aromatic rings. The van der Waals surface area contributed by atoms with Crippen molar-refractivity contribution in [3.63, 3.8) is 0 Å². The van der Waals surface area contributed by atoms with E-state index in [1.807, 2.05) is 66.8 Å². The molecule has 7 nitrogen and oxygen atoms in total. The second kappa shape index (κ2) is 14.7. The minimum absolute atomic E-state index is 0.0225. The summed E-state index contributed by atoms with van der Waals surface area (Å²) in [5.41, 5.74) is 1.13. The van der Waals surface area contributed by atoms with Crippen molar-refractivity contribution in [2.75, 3.05) is 46.0 Å². The molecule has 0 aliphatic rings. The van der Waals surface area contributed by atoms with Gasteiger partial charge >= 0.3 is 6.03 Å². The summed E-state index contributed by atoms with van der Waals surface area (Å²) in [6, 6.07) is 12.9. The summed E-state index contributed by atoms with van der Waals surface area (Å²) in [5.74, 6) is 0.321. The standard InChI is InChI=1S/C24H34N4O3S2/c1-19(29)32-17-15-28(13-11-20-8-5-4-6-9-20)24(31)26-22(18-21-10-7-16-33-21)23(30)25-12-14-27(2)3/h4-10,16,22H,11-15,17-18H2,1-3H3,(H,25,30)(H,26,31)/t22-/m0/s1. The maximum absolute atomic E-state index is 13.2. The van der Waals surface area contributed by atoms with Crippen LogP contribution in [0.1, 0.15) is 17.4 Å². The summed E-state index contributed by atoms with van der Waals surface area (Å²) in [7, 11) is 3.89. The first kappa shape index (κ1) is 26.9. The zero-order valence-electron chi connectivity index (χ0n) is 19.6. The first-order chi connectivity index (χ1) is 15.8. The molecule has 2 N–H and O–H groups in total. The molecule has 0 aliphatic carbocycles. The third-order valence-electron chi connectivity index (χ3n) is 4.92. The van der Waals surface area contributed by atoms with Crippen molar-refractivity contribution in [1.82, 2.24) is 20.4 Å². The quantitative estimate of drug-likeness (QED) is 0.451. The van der Waals surface area contributed by atoms with Gasteiger partial charge in [0.2, 0.25) is 5.91 Å². The molecule has 9 heteroatoms. The molecular formula is C24H34N4O3S2. The van der Waals surface area contributed by atoms with Gasteiger partial charge in [0, 0.05) is 50.2 Å². The molecule has 0 aliphatic heterocycles. The van der Waals surface area contributed by atoms with Gasteiger partial charge in [0.1, 0.15) is 6.04 Å². The molecule has 2 rings (SSSR count). The number of thiophene rings is 1. The highest BCUT2D eigenvalue weighted by molar-refractivity contribution is 8.13. The summed E-state index contributed by atoms with van der Waals surface area (Å²) in [6.07, 6.45) is 1.13. The number of benzene rings is 1. The van der Waals surface area contributed by atoms with E-state index in [1.165, 1.54) is 18.7 Å². The van der Waals surface area contributed by atoms with Crippen LogP contribution < -0.4 is 10.6 Å². The zero-order chi connectivity index (χ0) is 24.1. The van der Waals surface area contributed by atoms with E-state index in [2.05, 4.69) is 10.6 Å². The van der Waals surface area contributed by atoms with Crippen molar-refractivity contribution in [3.05, 3.63) is 58.3 Å². The Hall–Kier alpha value is -2.36. The van der Waals surface area contributed by atoms with Gasteiger partial charge in [-0.05, 0) is 37.5 Å². The maximum atomic E-state index is 13.2. The second-order valence-corrected chi connectivity index (χ2v) is 10.2. The Bertz CT molecular complexity index is 860. The van der Waals surface area contributed by atoms with Crippen molar-refractivity contribution in [2.45, 2.75) is 25.8 Å². The topological polar surface area (TPSA) is 81.8 Å². The number of carbonyl (C=O) groups is 3. The number of urea groups is 1. The van der Waals surface area contributed by atoms with Crippen LogP contribution in [0.2, 0.25) is 0 Å². The van der Waals surface area contributed by atoms with Crippen molar-refractivity contribution in [1.29, 1.82) is 0 Å². The average Bonchev–Trinajstić information content (AvgIpc) is 3.29. The number of thioether (sulfide) groups is 1. The first-order valence-corrected chi connectivity index (χ1v) is 12.9. The predicted octanol–water partition coefficient (Wildman–Crippen LogP) is 2.87. The Balaban J connectivity index is 2.05. The molecule has 0 saturated heterocycles. The lowest BCUT2D eigenvalue weighted by Gasteiger charge is -2.26. The van der Waals surface area contributed by atoms with Gasteiger partial charge in [-0.1, -0.05) is 48.2 Å². The summed E-state index contributed by atoms with van der Waals surface area (Å²) < 4.78 is 0. The van der Waals surface area contributed by atoms with Gasteiger partial charge in [0.05, 0.1) is 0 Å². The summed E-state index contributed by atoms with van der Waals surface area (Å²) in [6.45, 7) is 3.68. The number of nitrogens with one attached hydrogen (secondary N) is 2. The van der Waals surface area contributed by atoms with Crippen LogP contribution in [0.5, 0.6) is 0 Å². The number of likely N-dealkylation sites (N-methyl/N-ethyl adjacent to an activating group) is 1. The SMILES string of the molecule is CC(=O)SCCN(CCc1ccccc1)C(=O)N[C@@H](Cc1cccs1)C(=O)NCCN(C)C. The van der Waals surface area contributed by atoms with Crippen molar-refractivity contribution >= 4 is 40.2 Å². The highest BCUT2D eigenvalue weighted by Crippen LogP contribution is 2.12. The number of rotatable bonds is 13. The molecule has 1 heterocycles. The van der Waals surface area contributed by atoms with Crippen LogP contribution in [0.15, 0.2) is 47.8 Å². The molecule has 0 fully saturated rings. The third-order valence-corrected chi connectivity index (χ3v) is 6.62. The maximum Gasteiger partial charge on any atom is 0.318 e. The van der Waals surface area contributed by atoms with Crippen LogP contribution in [0.25, 0.3) is 0 Å². The average molecular weight is 491 g/mol. The van der Waals surface area contributed by atoms with Crippen LogP contribution in [-0.2, 0) is 22.4 Å². The molecule has 180 valence electrons. The van der Waals surface area contributed by atoms with E-state index in [9.17, 15) is 14.4 Å². The lowest BCUT2D eigenvalue weighted by Crippen LogP contribution is -2.53. The Morgan fingerprint density at radius 3 is 2.42 bits per heavy atom. The fraction of sp³-hybridized carbons (Fsp3) is 0.458. The van der Waals surface area contributed by atoms with E-state index in [4.69, 9.17) is 0 Å². The van der Waals surface area contributed by atoms with E-state index >= 15 is 0 Å². The van der Waals surface area contributed by atoms with Gasteiger partial charge in [-0.25, -0.2) is 4.79 Å². The minimum atomic E-state index is -0.669. The monoisotopic (exact) mass is 490 g/mol. The molecule has 0 bridgehead atoms. The Morgan fingerprint density at radius 2 is 1.79 bits per heavy atom. The largest absolute Gasteiger partial charge is 0.353 e. The molecule has 1 atom stereocenters. The van der Waals surface area contributed by atoms with Crippen molar-refractivity contribution in [2.24, 2.45) is 0 Å². The Labute approximate surface area is 204 Å². The molecule has 33 heavy (non-hydrogen) atoms. The van der Waals surface area contributed by atoms with Gasteiger partial charge in [-0.15, -0.1) is 11.3 Å². The summed E-state index contributed by atoms with van der Waals surface area (Å²) in [5, 5.41) is 7.85. The molecule has 3 amide bonds. The number of amides is 3. The zero-order valence-corrected chi connectivity index (χ0v) is 21.2. The lowest BCUT2D eigenvalue weighted by atomic mass is 10.1. The fourth-order valence-electron chi connectivity index (χ4n) is 3.13. The van der Waals surface area contributed by atoms with Crippen LogP contribution in [0.4, 0.5) is 4.79 Å². The first-order valence-electron chi connectivity index (χ1n) is 11.0. The van der Waals surface area contributed by atoms with Gasteiger partial charge in [0.25, 0.3) is 0 Å². The molecule has 0 radical (unpaired) electrons. The summed E-state index contributed by atoms with van der Waals surface area (Å²) >= 11 is 2.76. The lowest BCUT2D eigenvalue weighted by molar-refractivity contribution is -0.123. The van der Waals surface area contributed by atoms with Crippen LogP contribution in [-0.4, -0.2) is 78.9 Å². The van der Waals surface area contributed by atoms with Gasteiger partial charge in [0.15, 0.2) is 5.12 Å². The molecule has 0 unspecified atom stereocenters. The number of carbonyl (C=O) groups excluding carboxylic acids is 3. The van der Waals surface area contributed by atoms with E-state index in [-0.39, 0.29) is 17.1 Å². The van der Waals surface area contributed by atoms with E-state index < -0.39 is 6.04 Å². The third kappa shape index (κ3) is 10.9. The van der Waals surface area contributed by atoms with E-state index in [0.29, 0.717) is 38.2 Å². The van der Waals surface area contributed by atoms with Gasteiger partial charge in [-0.3, -0.25) is 9.59 Å². The normalized spacial score (nSPS) is 11.8. The number of nitrogens with zero attached hydrogens (tertiary/aromatic N) is 2. The number of hydrogen-bond donors (Lipinski definition) is 2. The van der Waals surface area contributed by atoms with Crippen molar-refractivity contribution < 1.29 is 14.4 Å². The Kier molecular flexibility index (Phi) is 12.0. The Morgan fingerprint density at radius 1 is 1.03 bits per heavy atom. The van der Waals surface area contributed by atoms with Gasteiger partial charge < -0.3 is 20.4 Å². The molecule has 0 spiro atoms. The smallest absolute Gasteiger partial charge is 0.318 e. The molecule has 0 saturated carbocycles. The predicted molar refractivity (Wildman–Crippen MR) is 137 cm³/mol. The van der Waals surface area contributed by atoms with Crippen LogP contribution in [0.3, 0.4) is 0 Å².